The highest BCUT2D eigenvalue weighted by Crippen LogP contribution is 2.56. The zero-order valence-corrected chi connectivity index (χ0v) is 34.9. The fourth-order valence-corrected chi connectivity index (χ4v) is 12.5. The molecule has 0 aromatic heterocycles. The van der Waals surface area contributed by atoms with Gasteiger partial charge in [0.2, 0.25) is 0 Å². The van der Waals surface area contributed by atoms with Crippen LogP contribution in [0.3, 0.4) is 0 Å². The van der Waals surface area contributed by atoms with E-state index >= 15 is 0 Å². The average molecular weight is 764 g/mol. The van der Waals surface area contributed by atoms with Crippen LogP contribution in [0.4, 0.5) is 17.1 Å². The van der Waals surface area contributed by atoms with Gasteiger partial charge in [-0.3, -0.25) is 0 Å². The van der Waals surface area contributed by atoms with Gasteiger partial charge in [0.05, 0.1) is 5.69 Å². The topological polar surface area (TPSA) is 3.24 Å². The van der Waals surface area contributed by atoms with Gasteiger partial charge in [-0.1, -0.05) is 167 Å². The molecule has 2 atom stereocenters. The first kappa shape index (κ1) is 36.2. The Hall–Kier alpha value is -5.92. The van der Waals surface area contributed by atoms with Crippen LogP contribution in [0.5, 0.6) is 0 Å². The molecular formula is C58H53N. The van der Waals surface area contributed by atoms with Gasteiger partial charge in [0, 0.05) is 22.4 Å². The van der Waals surface area contributed by atoms with E-state index < -0.39 is 0 Å². The number of benzene rings is 8. The van der Waals surface area contributed by atoms with Crippen LogP contribution >= 0.6 is 0 Å². The lowest BCUT2D eigenvalue weighted by Crippen LogP contribution is -2.42. The molecule has 290 valence electrons. The van der Waals surface area contributed by atoms with Crippen molar-refractivity contribution in [2.45, 2.75) is 70.6 Å². The van der Waals surface area contributed by atoms with Gasteiger partial charge in [-0.05, 0) is 152 Å². The van der Waals surface area contributed by atoms with Crippen LogP contribution in [0.25, 0.3) is 54.9 Å². The molecule has 59 heavy (non-hydrogen) atoms. The fraction of sp³-hybridized carbons (Fsp3) is 0.241. The standard InChI is InChI=1S/C58H53N/c1-38-32-40-33-39(2)36-58(35-38,37-40)54-31-30-46(47-17-7-8-18-49(47)54)42-24-26-43(27-25-42)59(44-28-29-51-50-19-9-11-22-53(50)57(3,4)55(51)34-44)56-23-12-10-20-52(56)48-21-13-15-41-14-5-6-16-45(41)48/h5-31,34,38-40H,32-33,35-37H2,1-4H3. The summed E-state index contributed by atoms with van der Waals surface area (Å²) in [5.74, 6) is 2.43. The molecule has 3 aliphatic rings. The molecule has 0 saturated heterocycles. The van der Waals surface area contributed by atoms with Crippen LogP contribution in [0.15, 0.2) is 170 Å². The van der Waals surface area contributed by atoms with E-state index in [9.17, 15) is 0 Å². The Kier molecular flexibility index (Phi) is 8.49. The van der Waals surface area contributed by atoms with E-state index in [0.29, 0.717) is 0 Å². The molecule has 11 rings (SSSR count). The summed E-state index contributed by atoms with van der Waals surface area (Å²) < 4.78 is 0. The van der Waals surface area contributed by atoms with Crippen molar-refractivity contribution in [1.29, 1.82) is 0 Å². The Morgan fingerprint density at radius 2 is 1.03 bits per heavy atom. The summed E-state index contributed by atoms with van der Waals surface area (Å²) in [7, 11) is 0. The van der Waals surface area contributed by atoms with Crippen molar-refractivity contribution in [2.24, 2.45) is 17.8 Å². The number of fused-ring (bicyclic) bond motifs is 7. The van der Waals surface area contributed by atoms with Gasteiger partial charge < -0.3 is 4.90 Å². The maximum atomic E-state index is 2.52. The van der Waals surface area contributed by atoms with E-state index in [1.807, 2.05) is 0 Å². The van der Waals surface area contributed by atoms with Gasteiger partial charge in [0.15, 0.2) is 0 Å². The minimum absolute atomic E-state index is 0.106. The lowest BCUT2D eigenvalue weighted by Gasteiger charge is -2.51. The number of hydrogen-bond acceptors (Lipinski definition) is 1. The zero-order chi connectivity index (χ0) is 39.9. The molecule has 2 fully saturated rings. The van der Waals surface area contributed by atoms with Crippen molar-refractivity contribution in [3.63, 3.8) is 0 Å². The second kappa shape index (κ2) is 13.8. The summed E-state index contributed by atoms with van der Waals surface area (Å²) in [5, 5.41) is 5.34. The van der Waals surface area contributed by atoms with Crippen molar-refractivity contribution < 1.29 is 0 Å². The molecule has 2 unspecified atom stereocenters. The highest BCUT2D eigenvalue weighted by Gasteiger charge is 2.46. The highest BCUT2D eigenvalue weighted by molar-refractivity contribution is 6.02. The van der Waals surface area contributed by atoms with Crippen LogP contribution in [0.1, 0.15) is 76.5 Å². The molecule has 1 heteroatoms. The van der Waals surface area contributed by atoms with Crippen molar-refractivity contribution >= 4 is 38.6 Å². The first-order chi connectivity index (χ1) is 28.8. The lowest BCUT2D eigenvalue weighted by atomic mass is 9.54. The average Bonchev–Trinajstić information content (AvgIpc) is 3.48. The number of nitrogens with zero attached hydrogens (tertiary/aromatic N) is 1. The van der Waals surface area contributed by atoms with Crippen molar-refractivity contribution in [3.05, 3.63) is 187 Å². The van der Waals surface area contributed by atoms with E-state index in [2.05, 4.69) is 202 Å². The highest BCUT2D eigenvalue weighted by atomic mass is 15.1. The van der Waals surface area contributed by atoms with Crippen LogP contribution in [0.2, 0.25) is 0 Å². The summed E-state index contributed by atoms with van der Waals surface area (Å²) in [6.45, 7) is 9.76. The van der Waals surface area contributed by atoms with E-state index in [0.717, 1.165) is 23.4 Å². The van der Waals surface area contributed by atoms with Gasteiger partial charge >= 0.3 is 0 Å². The van der Waals surface area contributed by atoms with Gasteiger partial charge in [-0.25, -0.2) is 0 Å². The summed E-state index contributed by atoms with van der Waals surface area (Å²) in [4.78, 5) is 2.49. The third-order valence-corrected chi connectivity index (χ3v) is 14.6. The summed E-state index contributed by atoms with van der Waals surface area (Å²) >= 11 is 0. The number of anilines is 3. The van der Waals surface area contributed by atoms with Gasteiger partial charge in [-0.2, -0.15) is 0 Å². The predicted octanol–water partition coefficient (Wildman–Crippen LogP) is 16.2. The van der Waals surface area contributed by atoms with Crippen molar-refractivity contribution in [3.8, 4) is 33.4 Å². The van der Waals surface area contributed by atoms with E-state index in [1.54, 1.807) is 5.56 Å². The molecule has 0 radical (unpaired) electrons. The largest absolute Gasteiger partial charge is 0.310 e. The smallest absolute Gasteiger partial charge is 0.0540 e. The molecule has 8 aromatic carbocycles. The second-order valence-electron chi connectivity index (χ2n) is 19.0. The Morgan fingerprint density at radius 3 is 1.83 bits per heavy atom. The maximum Gasteiger partial charge on any atom is 0.0540 e. The number of para-hydroxylation sites is 1. The molecule has 0 spiro atoms. The Bertz CT molecular complexity index is 2870. The quantitative estimate of drug-likeness (QED) is 0.163. The molecule has 0 amide bonds. The van der Waals surface area contributed by atoms with Crippen molar-refractivity contribution in [1.82, 2.24) is 0 Å². The molecule has 2 bridgehead atoms. The zero-order valence-electron chi connectivity index (χ0n) is 34.9. The van der Waals surface area contributed by atoms with Crippen LogP contribution in [0, 0.1) is 17.8 Å². The lowest BCUT2D eigenvalue weighted by molar-refractivity contribution is 0.0790. The summed E-state index contributed by atoms with van der Waals surface area (Å²) in [6, 6.07) is 64.2. The molecule has 8 aromatic rings. The molecular weight excluding hydrogens is 711 g/mol. The number of hydrogen-bond donors (Lipinski definition) is 0. The van der Waals surface area contributed by atoms with Crippen LogP contribution in [-0.4, -0.2) is 0 Å². The van der Waals surface area contributed by atoms with E-state index in [4.69, 9.17) is 0 Å². The van der Waals surface area contributed by atoms with Gasteiger partial charge in [0.1, 0.15) is 0 Å². The third kappa shape index (κ3) is 5.88. The van der Waals surface area contributed by atoms with Crippen LogP contribution < -0.4 is 4.90 Å². The maximum absolute atomic E-state index is 2.52. The Labute approximate surface area is 350 Å². The normalized spacial score (nSPS) is 21.6. The van der Waals surface area contributed by atoms with E-state index in [1.165, 1.54) is 110 Å². The molecule has 0 heterocycles. The summed E-state index contributed by atoms with van der Waals surface area (Å²) in [5.41, 5.74) is 15.7. The molecule has 2 saturated carbocycles. The third-order valence-electron chi connectivity index (χ3n) is 14.6. The van der Waals surface area contributed by atoms with Crippen LogP contribution in [-0.2, 0) is 10.8 Å². The minimum Gasteiger partial charge on any atom is -0.310 e. The number of rotatable bonds is 6. The second-order valence-corrected chi connectivity index (χ2v) is 19.0. The Morgan fingerprint density at radius 1 is 0.441 bits per heavy atom. The first-order valence-electron chi connectivity index (χ1n) is 22.0. The van der Waals surface area contributed by atoms with Crippen molar-refractivity contribution in [2.75, 3.05) is 4.90 Å². The molecule has 3 aliphatic carbocycles. The summed E-state index contributed by atoms with van der Waals surface area (Å²) in [6.07, 6.45) is 6.77. The van der Waals surface area contributed by atoms with E-state index in [-0.39, 0.29) is 10.8 Å². The first-order valence-corrected chi connectivity index (χ1v) is 22.0. The fourth-order valence-electron chi connectivity index (χ4n) is 12.5. The SMILES string of the molecule is CC1CC2CC(C)CC(c3ccc(-c4ccc(N(c5ccc6c(c5)C(C)(C)c5ccccc5-6)c5ccccc5-c5cccc6ccccc56)cc4)c4ccccc34)(C1)C2. The minimum atomic E-state index is -0.106. The Balaban J connectivity index is 1.05. The predicted molar refractivity (Wildman–Crippen MR) is 251 cm³/mol. The molecule has 0 N–H and O–H groups in total. The monoisotopic (exact) mass is 763 g/mol. The van der Waals surface area contributed by atoms with Gasteiger partial charge in [0.25, 0.3) is 0 Å². The van der Waals surface area contributed by atoms with Gasteiger partial charge in [-0.15, -0.1) is 0 Å². The molecule has 0 aliphatic heterocycles. The molecule has 1 nitrogen and oxygen atoms in total.